The average Bonchev–Trinajstić information content (AvgIpc) is 1.81. The fourth-order valence-corrected chi connectivity index (χ4v) is 0.912. The van der Waals surface area contributed by atoms with Gasteiger partial charge in [0.1, 0.15) is 0 Å². The minimum atomic E-state index is -0.909. The van der Waals surface area contributed by atoms with E-state index in [4.69, 9.17) is 15.9 Å². The van der Waals surface area contributed by atoms with Crippen LogP contribution in [0.4, 0.5) is 0 Å². The first-order chi connectivity index (χ1) is 4.13. The van der Waals surface area contributed by atoms with Gasteiger partial charge in [0.05, 0.1) is 12.0 Å². The number of aliphatic hydroxyl groups excluding tert-OH is 1. The first kappa shape index (κ1) is 6.51. The van der Waals surface area contributed by atoms with Crippen LogP contribution in [0.15, 0.2) is 0 Å². The molecule has 0 bridgehead atoms. The first-order valence-corrected chi connectivity index (χ1v) is 2.79. The van der Waals surface area contributed by atoms with Crippen LogP contribution in [0.5, 0.6) is 0 Å². The van der Waals surface area contributed by atoms with Crippen molar-refractivity contribution in [2.45, 2.75) is 18.6 Å². The Morgan fingerprint density at radius 1 is 1.67 bits per heavy atom. The minimum Gasteiger partial charge on any atom is -0.481 e. The summed E-state index contributed by atoms with van der Waals surface area (Å²) in [6.45, 7) is 0. The average molecular weight is 131 g/mol. The van der Waals surface area contributed by atoms with E-state index >= 15 is 0 Å². The second-order valence-electron chi connectivity index (χ2n) is 2.33. The monoisotopic (exact) mass is 131 g/mol. The minimum absolute atomic E-state index is 0.302. The molecule has 1 aliphatic rings. The van der Waals surface area contributed by atoms with Gasteiger partial charge in [-0.3, -0.25) is 4.79 Å². The predicted octanol–water partition coefficient (Wildman–Crippen LogP) is -1.22. The Labute approximate surface area is 52.3 Å². The molecule has 52 valence electrons. The summed E-state index contributed by atoms with van der Waals surface area (Å²) in [6.07, 6.45) is -0.303. The van der Waals surface area contributed by atoms with Crippen LogP contribution in [0.3, 0.4) is 0 Å². The Hall–Kier alpha value is -0.610. The highest BCUT2D eigenvalue weighted by atomic mass is 16.4. The lowest BCUT2D eigenvalue weighted by atomic mass is 9.77. The second kappa shape index (κ2) is 1.97. The molecule has 4 nitrogen and oxygen atoms in total. The molecule has 0 heterocycles. The van der Waals surface area contributed by atoms with Gasteiger partial charge in [0.2, 0.25) is 0 Å². The Kier molecular flexibility index (Phi) is 1.42. The lowest BCUT2D eigenvalue weighted by molar-refractivity contribution is -0.150. The summed E-state index contributed by atoms with van der Waals surface area (Å²) in [5.74, 6) is -1.44. The second-order valence-corrected chi connectivity index (χ2v) is 2.33. The summed E-state index contributed by atoms with van der Waals surface area (Å²) in [5, 5.41) is 17.1. The lowest BCUT2D eigenvalue weighted by Gasteiger charge is -2.35. The Balaban J connectivity index is 2.42. The number of rotatable bonds is 1. The summed E-state index contributed by atoms with van der Waals surface area (Å²) in [4.78, 5) is 10.1. The summed E-state index contributed by atoms with van der Waals surface area (Å²) >= 11 is 0. The molecule has 1 aliphatic carbocycles. The topological polar surface area (TPSA) is 83.6 Å². The molecule has 0 aromatic rings. The van der Waals surface area contributed by atoms with Gasteiger partial charge in [-0.1, -0.05) is 0 Å². The number of hydrogen-bond acceptors (Lipinski definition) is 3. The summed E-state index contributed by atoms with van der Waals surface area (Å²) < 4.78 is 0. The number of nitrogens with two attached hydrogens (primary N) is 1. The van der Waals surface area contributed by atoms with Crippen LogP contribution < -0.4 is 5.73 Å². The number of carbonyl (C=O) groups is 1. The fraction of sp³-hybridized carbons (Fsp3) is 0.800. The molecule has 3 atom stereocenters. The molecular formula is C5H9NO3. The van der Waals surface area contributed by atoms with E-state index in [1.807, 2.05) is 0 Å². The third-order valence-corrected chi connectivity index (χ3v) is 1.72. The van der Waals surface area contributed by atoms with Gasteiger partial charge in [-0.05, 0) is 6.42 Å². The molecule has 4 heteroatoms. The Morgan fingerprint density at radius 2 is 2.22 bits per heavy atom. The van der Waals surface area contributed by atoms with Gasteiger partial charge in [-0.15, -0.1) is 0 Å². The SMILES string of the molecule is N[C@@H]1[C@@H](C(=O)O)C[C@@H]1O. The highest BCUT2D eigenvalue weighted by Crippen LogP contribution is 2.25. The molecule has 1 rings (SSSR count). The van der Waals surface area contributed by atoms with E-state index in [2.05, 4.69) is 0 Å². The third kappa shape index (κ3) is 0.906. The molecule has 4 N–H and O–H groups in total. The quantitative estimate of drug-likeness (QED) is 0.416. The van der Waals surface area contributed by atoms with Crippen LogP contribution in [-0.4, -0.2) is 28.3 Å². The van der Waals surface area contributed by atoms with E-state index in [0.29, 0.717) is 6.42 Å². The molecule has 0 aliphatic heterocycles. The molecule has 1 saturated carbocycles. The molecule has 1 fully saturated rings. The van der Waals surface area contributed by atoms with Crippen LogP contribution in [0.25, 0.3) is 0 Å². The normalized spacial score (nSPS) is 41.8. The summed E-state index contributed by atoms with van der Waals surface area (Å²) in [5.41, 5.74) is 5.24. The van der Waals surface area contributed by atoms with E-state index in [-0.39, 0.29) is 0 Å². The Bertz CT molecular complexity index is 136. The summed E-state index contributed by atoms with van der Waals surface area (Å²) in [6, 6.07) is -0.553. The van der Waals surface area contributed by atoms with Crippen molar-refractivity contribution in [3.63, 3.8) is 0 Å². The van der Waals surface area contributed by atoms with Crippen LogP contribution >= 0.6 is 0 Å². The van der Waals surface area contributed by atoms with Crippen LogP contribution in [0.2, 0.25) is 0 Å². The maximum atomic E-state index is 10.1. The molecule has 9 heavy (non-hydrogen) atoms. The molecule has 0 aromatic heterocycles. The smallest absolute Gasteiger partial charge is 0.308 e. The number of carboxylic acid groups (broad SMARTS) is 1. The first-order valence-electron chi connectivity index (χ1n) is 2.79. The maximum Gasteiger partial charge on any atom is 0.308 e. The van der Waals surface area contributed by atoms with Gasteiger partial charge >= 0.3 is 5.97 Å². The highest BCUT2D eigenvalue weighted by molar-refractivity contribution is 5.72. The molecule has 0 radical (unpaired) electrons. The van der Waals surface area contributed by atoms with Gasteiger partial charge in [0, 0.05) is 6.04 Å². The Morgan fingerprint density at radius 3 is 2.33 bits per heavy atom. The molecule has 0 unspecified atom stereocenters. The predicted molar refractivity (Wildman–Crippen MR) is 29.7 cm³/mol. The zero-order chi connectivity index (χ0) is 7.02. The van der Waals surface area contributed by atoms with Gasteiger partial charge in [0.15, 0.2) is 0 Å². The van der Waals surface area contributed by atoms with E-state index in [1.54, 1.807) is 0 Å². The van der Waals surface area contributed by atoms with E-state index in [0.717, 1.165) is 0 Å². The zero-order valence-electron chi connectivity index (χ0n) is 4.82. The molecule has 0 amide bonds. The number of aliphatic hydroxyl groups is 1. The van der Waals surface area contributed by atoms with Gasteiger partial charge in [-0.25, -0.2) is 0 Å². The largest absolute Gasteiger partial charge is 0.481 e. The molecule has 0 spiro atoms. The molecular weight excluding hydrogens is 122 g/mol. The van der Waals surface area contributed by atoms with Crippen molar-refractivity contribution in [2.24, 2.45) is 11.7 Å². The van der Waals surface area contributed by atoms with Crippen LogP contribution in [0, 0.1) is 5.92 Å². The van der Waals surface area contributed by atoms with Crippen molar-refractivity contribution in [3.8, 4) is 0 Å². The number of aliphatic carboxylic acids is 1. The van der Waals surface area contributed by atoms with Crippen LogP contribution in [-0.2, 0) is 4.79 Å². The van der Waals surface area contributed by atoms with Gasteiger partial charge in [-0.2, -0.15) is 0 Å². The summed E-state index contributed by atoms with van der Waals surface area (Å²) in [7, 11) is 0. The van der Waals surface area contributed by atoms with Crippen molar-refractivity contribution >= 4 is 5.97 Å². The van der Waals surface area contributed by atoms with E-state index < -0.39 is 24.0 Å². The molecule has 0 saturated heterocycles. The van der Waals surface area contributed by atoms with Gasteiger partial charge in [0.25, 0.3) is 0 Å². The maximum absolute atomic E-state index is 10.1. The standard InChI is InChI=1S/C5H9NO3/c6-4-2(5(8)9)1-3(4)7/h2-4,7H,1,6H2,(H,8,9)/t2-,3-,4+/m0/s1. The third-order valence-electron chi connectivity index (χ3n) is 1.72. The fourth-order valence-electron chi connectivity index (χ4n) is 0.912. The van der Waals surface area contributed by atoms with Crippen molar-refractivity contribution in [1.29, 1.82) is 0 Å². The number of carboxylic acids is 1. The number of hydrogen-bond donors (Lipinski definition) is 3. The zero-order valence-corrected chi connectivity index (χ0v) is 4.82. The van der Waals surface area contributed by atoms with Crippen molar-refractivity contribution in [2.75, 3.05) is 0 Å². The van der Waals surface area contributed by atoms with Crippen LogP contribution in [0.1, 0.15) is 6.42 Å². The van der Waals surface area contributed by atoms with Gasteiger partial charge < -0.3 is 15.9 Å². The van der Waals surface area contributed by atoms with Crippen molar-refractivity contribution in [1.82, 2.24) is 0 Å². The van der Waals surface area contributed by atoms with E-state index in [1.165, 1.54) is 0 Å². The van der Waals surface area contributed by atoms with Crippen molar-refractivity contribution < 1.29 is 15.0 Å². The lowest BCUT2D eigenvalue weighted by Crippen LogP contribution is -2.55. The highest BCUT2D eigenvalue weighted by Gasteiger charge is 2.41. The van der Waals surface area contributed by atoms with Crippen molar-refractivity contribution in [3.05, 3.63) is 0 Å². The molecule has 0 aromatic carbocycles. The van der Waals surface area contributed by atoms with E-state index in [9.17, 15) is 4.79 Å².